The Morgan fingerprint density at radius 3 is 2.40 bits per heavy atom. The Balaban J connectivity index is 2.19. The summed E-state index contributed by atoms with van der Waals surface area (Å²) >= 11 is 0. The number of benzene rings is 2. The molecule has 106 valence electrons. The molecule has 1 atom stereocenters. The standard InChI is InChI=1S/C16H17F2NO/c1-10-4-5-12(8-15(10)17)19-11(2)14-7-6-13(20-3)9-16(14)18/h4-9,11,19H,1-3H3. The molecule has 0 fully saturated rings. The third kappa shape index (κ3) is 3.07. The highest BCUT2D eigenvalue weighted by molar-refractivity contribution is 5.47. The van der Waals surface area contributed by atoms with E-state index in [0.29, 0.717) is 22.6 Å². The summed E-state index contributed by atoms with van der Waals surface area (Å²) in [6.07, 6.45) is 0. The predicted octanol–water partition coefficient (Wildman–Crippen LogP) is 4.45. The lowest BCUT2D eigenvalue weighted by Gasteiger charge is -2.17. The SMILES string of the molecule is COc1ccc(C(C)Nc2ccc(C)c(F)c2)c(F)c1. The van der Waals surface area contributed by atoms with Crippen LogP contribution >= 0.6 is 0 Å². The first kappa shape index (κ1) is 14.3. The van der Waals surface area contributed by atoms with Gasteiger partial charge in [0.1, 0.15) is 17.4 Å². The molecule has 0 amide bonds. The lowest BCUT2D eigenvalue weighted by molar-refractivity contribution is 0.410. The van der Waals surface area contributed by atoms with E-state index in [1.807, 2.05) is 6.92 Å². The van der Waals surface area contributed by atoms with Crippen molar-refractivity contribution in [1.82, 2.24) is 0 Å². The Hall–Kier alpha value is -2.10. The van der Waals surface area contributed by atoms with Crippen LogP contribution in [0.15, 0.2) is 36.4 Å². The maximum atomic E-state index is 13.9. The molecule has 2 nitrogen and oxygen atoms in total. The molecule has 0 heterocycles. The molecular formula is C16H17F2NO. The number of ether oxygens (including phenoxy) is 1. The zero-order chi connectivity index (χ0) is 14.7. The zero-order valence-corrected chi connectivity index (χ0v) is 11.7. The summed E-state index contributed by atoms with van der Waals surface area (Å²) in [5.74, 6) is -0.158. The molecule has 4 heteroatoms. The number of hydrogen-bond acceptors (Lipinski definition) is 2. The number of aryl methyl sites for hydroxylation is 1. The van der Waals surface area contributed by atoms with Crippen LogP contribution in [-0.4, -0.2) is 7.11 Å². The van der Waals surface area contributed by atoms with Gasteiger partial charge in [-0.15, -0.1) is 0 Å². The minimum atomic E-state index is -0.350. The summed E-state index contributed by atoms with van der Waals surface area (Å²) in [7, 11) is 1.49. The fourth-order valence-electron chi connectivity index (χ4n) is 2.00. The largest absolute Gasteiger partial charge is 0.497 e. The average Bonchev–Trinajstić information content (AvgIpc) is 2.42. The molecule has 20 heavy (non-hydrogen) atoms. The van der Waals surface area contributed by atoms with Crippen molar-refractivity contribution in [2.45, 2.75) is 19.9 Å². The quantitative estimate of drug-likeness (QED) is 0.891. The van der Waals surface area contributed by atoms with Crippen molar-refractivity contribution in [2.24, 2.45) is 0 Å². The summed E-state index contributed by atoms with van der Waals surface area (Å²) in [5, 5.41) is 3.08. The second-order valence-electron chi connectivity index (χ2n) is 4.72. The predicted molar refractivity (Wildman–Crippen MR) is 76.1 cm³/mol. The second-order valence-corrected chi connectivity index (χ2v) is 4.72. The van der Waals surface area contributed by atoms with Crippen LogP contribution < -0.4 is 10.1 Å². The first-order chi connectivity index (χ1) is 9.51. The molecule has 0 aromatic heterocycles. The Labute approximate surface area is 117 Å². The van der Waals surface area contributed by atoms with E-state index in [-0.39, 0.29) is 17.7 Å². The molecule has 0 aliphatic carbocycles. The van der Waals surface area contributed by atoms with Crippen LogP contribution in [0, 0.1) is 18.6 Å². The molecule has 2 aromatic carbocycles. The number of anilines is 1. The van der Waals surface area contributed by atoms with Crippen LogP contribution in [0.25, 0.3) is 0 Å². The Bertz CT molecular complexity index is 613. The molecule has 0 aliphatic heterocycles. The van der Waals surface area contributed by atoms with Gasteiger partial charge in [0, 0.05) is 17.3 Å². The summed E-state index contributed by atoms with van der Waals surface area (Å²) < 4.78 is 32.4. The third-order valence-electron chi connectivity index (χ3n) is 3.23. The molecule has 0 saturated heterocycles. The second kappa shape index (κ2) is 5.90. The summed E-state index contributed by atoms with van der Waals surface area (Å²) in [6, 6.07) is 9.30. The van der Waals surface area contributed by atoms with Gasteiger partial charge in [-0.05, 0) is 37.6 Å². The fourth-order valence-corrected chi connectivity index (χ4v) is 2.00. The number of nitrogens with one attached hydrogen (secondary N) is 1. The van der Waals surface area contributed by atoms with Crippen molar-refractivity contribution in [2.75, 3.05) is 12.4 Å². The van der Waals surface area contributed by atoms with Crippen molar-refractivity contribution in [3.05, 3.63) is 59.2 Å². The van der Waals surface area contributed by atoms with Gasteiger partial charge in [-0.1, -0.05) is 12.1 Å². The molecule has 1 unspecified atom stereocenters. The van der Waals surface area contributed by atoms with Crippen molar-refractivity contribution in [3.8, 4) is 5.75 Å². The van der Waals surface area contributed by atoms with Gasteiger partial charge in [0.25, 0.3) is 0 Å². The average molecular weight is 277 g/mol. The Kier molecular flexibility index (Phi) is 4.23. The first-order valence-electron chi connectivity index (χ1n) is 6.37. The molecule has 0 spiro atoms. The van der Waals surface area contributed by atoms with E-state index in [9.17, 15) is 8.78 Å². The molecule has 2 aromatic rings. The van der Waals surface area contributed by atoms with Gasteiger partial charge in [0.15, 0.2) is 0 Å². The van der Waals surface area contributed by atoms with Crippen LogP contribution in [0.1, 0.15) is 24.1 Å². The number of hydrogen-bond donors (Lipinski definition) is 1. The van der Waals surface area contributed by atoms with Gasteiger partial charge in [-0.25, -0.2) is 8.78 Å². The maximum absolute atomic E-state index is 13.9. The summed E-state index contributed by atoms with van der Waals surface area (Å²) in [5.41, 5.74) is 1.71. The van der Waals surface area contributed by atoms with Gasteiger partial charge >= 0.3 is 0 Å². The van der Waals surface area contributed by atoms with Crippen LogP contribution in [0.3, 0.4) is 0 Å². The number of rotatable bonds is 4. The van der Waals surface area contributed by atoms with Gasteiger partial charge < -0.3 is 10.1 Å². The van der Waals surface area contributed by atoms with Gasteiger partial charge in [0.05, 0.1) is 13.2 Å². The van der Waals surface area contributed by atoms with E-state index in [1.54, 1.807) is 31.2 Å². The van der Waals surface area contributed by atoms with Crippen molar-refractivity contribution >= 4 is 5.69 Å². The molecule has 0 bridgehead atoms. The minimum absolute atomic E-state index is 0.275. The lowest BCUT2D eigenvalue weighted by Crippen LogP contribution is -2.09. The minimum Gasteiger partial charge on any atom is -0.497 e. The van der Waals surface area contributed by atoms with E-state index in [2.05, 4.69) is 5.32 Å². The van der Waals surface area contributed by atoms with Gasteiger partial charge in [-0.2, -0.15) is 0 Å². The molecule has 1 N–H and O–H groups in total. The van der Waals surface area contributed by atoms with E-state index in [4.69, 9.17) is 4.74 Å². The topological polar surface area (TPSA) is 21.3 Å². The summed E-state index contributed by atoms with van der Waals surface area (Å²) in [4.78, 5) is 0. The third-order valence-corrected chi connectivity index (χ3v) is 3.23. The summed E-state index contributed by atoms with van der Waals surface area (Å²) in [6.45, 7) is 3.52. The van der Waals surface area contributed by atoms with Gasteiger partial charge in [-0.3, -0.25) is 0 Å². The van der Waals surface area contributed by atoms with Crippen molar-refractivity contribution < 1.29 is 13.5 Å². The molecule has 2 rings (SSSR count). The van der Waals surface area contributed by atoms with E-state index < -0.39 is 0 Å². The molecule has 0 radical (unpaired) electrons. The monoisotopic (exact) mass is 277 g/mol. The Morgan fingerprint density at radius 1 is 1.05 bits per heavy atom. The molecule has 0 saturated carbocycles. The maximum Gasteiger partial charge on any atom is 0.132 e. The van der Waals surface area contributed by atoms with Crippen LogP contribution in [-0.2, 0) is 0 Å². The first-order valence-corrected chi connectivity index (χ1v) is 6.37. The molecular weight excluding hydrogens is 260 g/mol. The van der Waals surface area contributed by atoms with Crippen molar-refractivity contribution in [1.29, 1.82) is 0 Å². The molecule has 0 aliphatic rings. The van der Waals surface area contributed by atoms with Crippen LogP contribution in [0.2, 0.25) is 0 Å². The van der Waals surface area contributed by atoms with Crippen molar-refractivity contribution in [3.63, 3.8) is 0 Å². The number of halogens is 2. The lowest BCUT2D eigenvalue weighted by atomic mass is 10.1. The Morgan fingerprint density at radius 2 is 1.80 bits per heavy atom. The smallest absolute Gasteiger partial charge is 0.132 e. The van der Waals surface area contributed by atoms with Crippen LogP contribution in [0.4, 0.5) is 14.5 Å². The highest BCUT2D eigenvalue weighted by Crippen LogP contribution is 2.25. The van der Waals surface area contributed by atoms with E-state index in [0.717, 1.165) is 0 Å². The van der Waals surface area contributed by atoms with Gasteiger partial charge in [0.2, 0.25) is 0 Å². The fraction of sp³-hybridized carbons (Fsp3) is 0.250. The van der Waals surface area contributed by atoms with E-state index >= 15 is 0 Å². The van der Waals surface area contributed by atoms with E-state index in [1.165, 1.54) is 19.2 Å². The van der Waals surface area contributed by atoms with Crippen LogP contribution in [0.5, 0.6) is 5.75 Å². The normalized spacial score (nSPS) is 12.1. The zero-order valence-electron chi connectivity index (χ0n) is 11.7. The number of methoxy groups -OCH3 is 1. The highest BCUT2D eigenvalue weighted by atomic mass is 19.1. The highest BCUT2D eigenvalue weighted by Gasteiger charge is 2.12.